The Balaban J connectivity index is 0.000000478. The third-order valence-electron chi connectivity index (χ3n) is 5.96. The zero-order valence-electron chi connectivity index (χ0n) is 21.7. The second kappa shape index (κ2) is 14.3. The fourth-order valence-electron chi connectivity index (χ4n) is 4.26. The van der Waals surface area contributed by atoms with Gasteiger partial charge in [0, 0.05) is 29.4 Å². The van der Waals surface area contributed by atoms with Gasteiger partial charge in [-0.2, -0.15) is 0 Å². The minimum Gasteiger partial charge on any atom is -0.488 e. The van der Waals surface area contributed by atoms with Crippen LogP contribution in [0.2, 0.25) is 0 Å². The maximum atomic E-state index is 13.8. The van der Waals surface area contributed by atoms with Gasteiger partial charge in [0.1, 0.15) is 24.0 Å². The van der Waals surface area contributed by atoms with Crippen molar-refractivity contribution in [2.24, 2.45) is 0 Å². The fraction of sp³-hybridized carbons (Fsp3) is 0.300. The molecule has 3 aromatic carbocycles. The number of rotatable bonds is 5. The molecule has 5 nitrogen and oxygen atoms in total. The van der Waals surface area contributed by atoms with Crippen molar-refractivity contribution in [3.63, 3.8) is 0 Å². The summed E-state index contributed by atoms with van der Waals surface area (Å²) in [5.41, 5.74) is 5.46. The third kappa shape index (κ3) is 7.47. The second-order valence-electron chi connectivity index (χ2n) is 8.45. The van der Waals surface area contributed by atoms with E-state index in [1.807, 2.05) is 45.2 Å². The standard InChI is InChI=1S/C24H20F2N2O2.C4H9N.C2H6/c1-27-12-16-3-2-15(9-23(16)28-14-29)8-22-20-6-4-18(25)10-17(20)13-30-24-11-19(26)5-7-21(22)24;1-2-4-5-3-1;1-2/h2-11,14,27H,12-13H2,1H3,(H,28,29);5H,1-4H2;1-2H3/b22-8+;;. The summed E-state index contributed by atoms with van der Waals surface area (Å²) in [5.74, 6) is -0.363. The van der Waals surface area contributed by atoms with Crippen molar-refractivity contribution in [2.75, 3.05) is 25.5 Å². The molecule has 0 aliphatic carbocycles. The predicted molar refractivity (Wildman–Crippen MR) is 146 cm³/mol. The smallest absolute Gasteiger partial charge is 0.211 e. The first kappa shape index (κ1) is 28.0. The Morgan fingerprint density at radius 1 is 0.946 bits per heavy atom. The van der Waals surface area contributed by atoms with E-state index in [0.29, 0.717) is 35.5 Å². The molecule has 2 heterocycles. The van der Waals surface area contributed by atoms with Crippen LogP contribution in [0.25, 0.3) is 11.6 Å². The van der Waals surface area contributed by atoms with Crippen LogP contribution >= 0.6 is 0 Å². The Morgan fingerprint density at radius 3 is 2.30 bits per heavy atom. The fourth-order valence-corrected chi connectivity index (χ4v) is 4.26. The summed E-state index contributed by atoms with van der Waals surface area (Å²) < 4.78 is 33.4. The molecule has 1 amide bonds. The van der Waals surface area contributed by atoms with Gasteiger partial charge in [-0.25, -0.2) is 8.78 Å². The van der Waals surface area contributed by atoms with Crippen molar-refractivity contribution in [3.05, 3.63) is 94.0 Å². The Kier molecular flexibility index (Phi) is 10.8. The highest BCUT2D eigenvalue weighted by Crippen LogP contribution is 2.38. The molecule has 37 heavy (non-hydrogen) atoms. The molecule has 0 atom stereocenters. The number of hydrogen-bond acceptors (Lipinski definition) is 4. The van der Waals surface area contributed by atoms with E-state index in [9.17, 15) is 13.6 Å². The molecule has 3 aromatic rings. The van der Waals surface area contributed by atoms with Gasteiger partial charge in [0.15, 0.2) is 0 Å². The highest BCUT2D eigenvalue weighted by Gasteiger charge is 2.20. The predicted octanol–water partition coefficient (Wildman–Crippen LogP) is 6.13. The van der Waals surface area contributed by atoms with Crippen molar-refractivity contribution < 1.29 is 18.3 Å². The van der Waals surface area contributed by atoms with Gasteiger partial charge in [0.2, 0.25) is 6.41 Å². The summed E-state index contributed by atoms with van der Waals surface area (Å²) in [6.07, 6.45) is 5.35. The Bertz CT molecular complexity index is 1160. The van der Waals surface area contributed by atoms with E-state index in [1.165, 1.54) is 50.2 Å². The molecule has 0 radical (unpaired) electrons. The summed E-state index contributed by atoms with van der Waals surface area (Å²) in [6, 6.07) is 14.6. The SMILES string of the molecule is C1CCNC1.CC.CNCc1ccc(/C=C2\c3ccc(F)cc3COc3cc(F)ccc32)cc1NC=O. The van der Waals surface area contributed by atoms with Gasteiger partial charge >= 0.3 is 0 Å². The maximum absolute atomic E-state index is 13.8. The maximum Gasteiger partial charge on any atom is 0.211 e. The number of anilines is 1. The van der Waals surface area contributed by atoms with E-state index in [2.05, 4.69) is 16.0 Å². The molecule has 0 aromatic heterocycles. The molecular formula is C30H35F2N3O2. The number of carbonyl (C=O) groups excluding carboxylic acids is 1. The van der Waals surface area contributed by atoms with E-state index in [0.717, 1.165) is 22.3 Å². The number of benzene rings is 3. The van der Waals surface area contributed by atoms with Crippen molar-refractivity contribution in [3.8, 4) is 5.75 Å². The zero-order chi connectivity index (χ0) is 26.6. The van der Waals surface area contributed by atoms with Crippen LogP contribution in [0.4, 0.5) is 14.5 Å². The second-order valence-corrected chi connectivity index (χ2v) is 8.45. The Labute approximate surface area is 217 Å². The van der Waals surface area contributed by atoms with Crippen LogP contribution in [0.5, 0.6) is 5.75 Å². The van der Waals surface area contributed by atoms with Crippen LogP contribution in [0, 0.1) is 11.6 Å². The monoisotopic (exact) mass is 507 g/mol. The highest BCUT2D eigenvalue weighted by atomic mass is 19.1. The molecule has 2 aliphatic heterocycles. The van der Waals surface area contributed by atoms with Crippen LogP contribution < -0.4 is 20.7 Å². The minimum absolute atomic E-state index is 0.139. The number of ether oxygens (including phenoxy) is 1. The van der Waals surface area contributed by atoms with Gasteiger partial charge in [0.05, 0.1) is 0 Å². The molecule has 0 bridgehead atoms. The number of carbonyl (C=O) groups is 1. The lowest BCUT2D eigenvalue weighted by atomic mass is 9.92. The molecule has 0 saturated carbocycles. The van der Waals surface area contributed by atoms with Crippen molar-refractivity contribution in [1.29, 1.82) is 0 Å². The molecule has 0 unspecified atom stereocenters. The lowest BCUT2D eigenvalue weighted by molar-refractivity contribution is -0.105. The largest absolute Gasteiger partial charge is 0.488 e. The molecule has 1 saturated heterocycles. The molecular weight excluding hydrogens is 472 g/mol. The summed E-state index contributed by atoms with van der Waals surface area (Å²) >= 11 is 0. The first-order valence-corrected chi connectivity index (χ1v) is 12.7. The van der Waals surface area contributed by atoms with Gasteiger partial charge in [-0.3, -0.25) is 4.79 Å². The topological polar surface area (TPSA) is 62.4 Å². The van der Waals surface area contributed by atoms with E-state index < -0.39 is 5.82 Å². The van der Waals surface area contributed by atoms with E-state index in [1.54, 1.807) is 12.1 Å². The van der Waals surface area contributed by atoms with Crippen molar-refractivity contribution >= 4 is 23.7 Å². The zero-order valence-corrected chi connectivity index (χ0v) is 21.7. The number of amides is 1. The minimum atomic E-state index is -0.404. The van der Waals surface area contributed by atoms with Gasteiger partial charge in [-0.05, 0) is 91.7 Å². The number of halogens is 2. The van der Waals surface area contributed by atoms with Crippen molar-refractivity contribution in [2.45, 2.75) is 39.8 Å². The number of nitrogens with one attached hydrogen (secondary N) is 3. The van der Waals surface area contributed by atoms with Crippen LogP contribution in [0.3, 0.4) is 0 Å². The van der Waals surface area contributed by atoms with Gasteiger partial charge in [-0.15, -0.1) is 0 Å². The molecule has 5 rings (SSSR count). The van der Waals surface area contributed by atoms with E-state index in [-0.39, 0.29) is 12.4 Å². The quantitative estimate of drug-likeness (QED) is 0.364. The Morgan fingerprint density at radius 2 is 1.65 bits per heavy atom. The molecule has 7 heteroatoms. The number of fused-ring (bicyclic) bond motifs is 2. The first-order valence-electron chi connectivity index (χ1n) is 12.7. The average Bonchev–Trinajstić information content (AvgIpc) is 3.46. The van der Waals surface area contributed by atoms with Crippen LogP contribution in [0.1, 0.15) is 54.5 Å². The van der Waals surface area contributed by atoms with Gasteiger partial charge in [-0.1, -0.05) is 32.0 Å². The van der Waals surface area contributed by atoms with Crippen LogP contribution in [-0.4, -0.2) is 26.5 Å². The number of hydrogen-bond donors (Lipinski definition) is 3. The normalized spacial score (nSPS) is 14.6. The van der Waals surface area contributed by atoms with Gasteiger partial charge in [0.25, 0.3) is 0 Å². The Hall–Kier alpha value is -3.55. The summed E-state index contributed by atoms with van der Waals surface area (Å²) in [4.78, 5) is 11.0. The molecule has 0 spiro atoms. The molecule has 196 valence electrons. The molecule has 3 N–H and O–H groups in total. The summed E-state index contributed by atoms with van der Waals surface area (Å²) in [7, 11) is 1.83. The summed E-state index contributed by atoms with van der Waals surface area (Å²) in [6.45, 7) is 7.24. The van der Waals surface area contributed by atoms with E-state index in [4.69, 9.17) is 4.74 Å². The highest BCUT2D eigenvalue weighted by molar-refractivity contribution is 5.95. The van der Waals surface area contributed by atoms with Crippen molar-refractivity contribution in [1.82, 2.24) is 10.6 Å². The summed E-state index contributed by atoms with van der Waals surface area (Å²) in [5, 5.41) is 9.02. The lowest BCUT2D eigenvalue weighted by Crippen LogP contribution is -2.08. The lowest BCUT2D eigenvalue weighted by Gasteiger charge is -2.13. The third-order valence-corrected chi connectivity index (χ3v) is 5.96. The van der Waals surface area contributed by atoms with Crippen LogP contribution in [0.15, 0.2) is 54.6 Å². The molecule has 2 aliphatic rings. The first-order chi connectivity index (χ1) is 18.1. The average molecular weight is 508 g/mol. The van der Waals surface area contributed by atoms with Gasteiger partial charge < -0.3 is 20.7 Å². The molecule has 1 fully saturated rings. The van der Waals surface area contributed by atoms with Crippen LogP contribution in [-0.2, 0) is 17.9 Å². The van der Waals surface area contributed by atoms with E-state index >= 15 is 0 Å².